The van der Waals surface area contributed by atoms with Crippen molar-refractivity contribution < 1.29 is 59.5 Å². The molecule has 1 aliphatic rings. The zero-order valence-corrected chi connectivity index (χ0v) is 19.8. The third-order valence-electron chi connectivity index (χ3n) is 6.55. The van der Waals surface area contributed by atoms with Gasteiger partial charge in [0.05, 0.1) is 23.1 Å². The van der Waals surface area contributed by atoms with E-state index in [9.17, 15) is 50.4 Å². The molecule has 2 heterocycles. The summed E-state index contributed by atoms with van der Waals surface area (Å²) in [7, 11) is 0. The fourth-order valence-corrected chi connectivity index (χ4v) is 4.54. The molecule has 4 aromatic rings. The fourth-order valence-electron chi connectivity index (χ4n) is 4.54. The Labute approximate surface area is 217 Å². The number of hydrogen-bond donors (Lipinski definition) is 8. The molecule has 0 bridgehead atoms. The second-order valence-corrected chi connectivity index (χ2v) is 8.98. The zero-order chi connectivity index (χ0) is 28.2. The molecule has 39 heavy (non-hydrogen) atoms. The second kappa shape index (κ2) is 9.63. The van der Waals surface area contributed by atoms with E-state index >= 15 is 0 Å². The van der Waals surface area contributed by atoms with Crippen LogP contribution in [0.25, 0.3) is 21.9 Å². The Morgan fingerprint density at radius 1 is 0.872 bits per heavy atom. The Kier molecular flexibility index (Phi) is 6.44. The van der Waals surface area contributed by atoms with E-state index in [-0.39, 0.29) is 27.9 Å². The molecule has 5 atom stereocenters. The van der Waals surface area contributed by atoms with E-state index in [1.54, 1.807) is 0 Å². The maximum absolute atomic E-state index is 13.3. The molecule has 8 N–H and O–H groups in total. The van der Waals surface area contributed by atoms with Crippen molar-refractivity contribution in [3.8, 4) is 28.7 Å². The van der Waals surface area contributed by atoms with Crippen LogP contribution in [0.4, 0.5) is 0 Å². The van der Waals surface area contributed by atoms with Gasteiger partial charge in [-0.3, -0.25) is 4.79 Å². The minimum Gasteiger partial charge on any atom is -0.508 e. The number of aliphatic hydroxyl groups is 3. The van der Waals surface area contributed by atoms with Crippen LogP contribution in [0.15, 0.2) is 51.7 Å². The van der Waals surface area contributed by atoms with Crippen LogP contribution in [0.2, 0.25) is 0 Å². The number of phenols is 5. The molecular weight excluding hydrogens is 520 g/mol. The Hall–Kier alpha value is -4.56. The number of fused-ring (bicyclic) bond motifs is 2. The summed E-state index contributed by atoms with van der Waals surface area (Å²) in [5.41, 5.74) is -1.93. The predicted molar refractivity (Wildman–Crippen MR) is 131 cm³/mol. The first-order valence-electron chi connectivity index (χ1n) is 11.5. The quantitative estimate of drug-likeness (QED) is 0.102. The van der Waals surface area contributed by atoms with Crippen molar-refractivity contribution in [3.05, 3.63) is 63.8 Å². The highest BCUT2D eigenvalue weighted by molar-refractivity contribution is 5.96. The highest BCUT2D eigenvalue weighted by atomic mass is 16.6. The van der Waals surface area contributed by atoms with Gasteiger partial charge in [-0.05, 0) is 30.3 Å². The van der Waals surface area contributed by atoms with E-state index in [2.05, 4.69) is 0 Å². The van der Waals surface area contributed by atoms with Crippen LogP contribution < -0.4 is 5.43 Å². The zero-order valence-electron chi connectivity index (χ0n) is 19.8. The van der Waals surface area contributed by atoms with Gasteiger partial charge in [-0.1, -0.05) is 0 Å². The lowest BCUT2D eigenvalue weighted by Crippen LogP contribution is -2.56. The topological polar surface area (TPSA) is 228 Å². The van der Waals surface area contributed by atoms with E-state index in [1.807, 2.05) is 0 Å². The summed E-state index contributed by atoms with van der Waals surface area (Å²) in [6.45, 7) is -0.808. The fraction of sp³-hybridized carbons (Fsp3) is 0.231. The molecule has 5 rings (SSSR count). The monoisotopic (exact) mass is 542 g/mol. The van der Waals surface area contributed by atoms with E-state index in [0.717, 1.165) is 18.2 Å². The number of ether oxygens (including phenoxy) is 2. The van der Waals surface area contributed by atoms with Gasteiger partial charge in [0.2, 0.25) is 5.43 Å². The molecule has 13 nitrogen and oxygen atoms in total. The molecule has 1 saturated heterocycles. The third kappa shape index (κ3) is 4.32. The van der Waals surface area contributed by atoms with Crippen molar-refractivity contribution in [2.75, 3.05) is 6.61 Å². The molecule has 0 spiro atoms. The van der Waals surface area contributed by atoms with Crippen molar-refractivity contribution in [1.82, 2.24) is 0 Å². The number of esters is 1. The maximum atomic E-state index is 13.3. The maximum Gasteiger partial charge on any atom is 0.338 e. The van der Waals surface area contributed by atoms with Gasteiger partial charge >= 0.3 is 5.97 Å². The first-order chi connectivity index (χ1) is 18.5. The predicted octanol–water partition coefficient (Wildman–Crippen LogP) is 0.854. The number of phenolic OH excluding ortho intramolecular Hbond substituents is 5. The van der Waals surface area contributed by atoms with Gasteiger partial charge in [-0.25, -0.2) is 4.79 Å². The number of hydrogen-bond acceptors (Lipinski definition) is 13. The number of benzene rings is 3. The molecule has 0 saturated carbocycles. The minimum absolute atomic E-state index is 0.0559. The van der Waals surface area contributed by atoms with Gasteiger partial charge in [0.1, 0.15) is 58.2 Å². The van der Waals surface area contributed by atoms with Gasteiger partial charge in [-0.2, -0.15) is 0 Å². The smallest absolute Gasteiger partial charge is 0.338 e. The summed E-state index contributed by atoms with van der Waals surface area (Å²) < 4.78 is 16.6. The minimum atomic E-state index is -1.88. The van der Waals surface area contributed by atoms with Gasteiger partial charge in [-0.15, -0.1) is 0 Å². The molecule has 1 aromatic heterocycles. The van der Waals surface area contributed by atoms with Crippen molar-refractivity contribution >= 4 is 27.9 Å². The summed E-state index contributed by atoms with van der Waals surface area (Å²) in [6, 6.07) is 7.71. The van der Waals surface area contributed by atoms with E-state index in [1.165, 1.54) is 24.3 Å². The summed E-state index contributed by atoms with van der Waals surface area (Å²) in [6.07, 6.45) is -8.57. The third-order valence-corrected chi connectivity index (χ3v) is 6.55. The van der Waals surface area contributed by atoms with Crippen molar-refractivity contribution in [3.63, 3.8) is 0 Å². The number of rotatable bonds is 4. The Bertz CT molecular complexity index is 1640. The largest absolute Gasteiger partial charge is 0.508 e. The van der Waals surface area contributed by atoms with Crippen LogP contribution in [0, 0.1) is 0 Å². The average Bonchev–Trinajstić information content (AvgIpc) is 2.89. The molecule has 204 valence electrons. The number of aromatic hydroxyl groups is 5. The number of aliphatic hydroxyl groups excluding tert-OH is 3. The van der Waals surface area contributed by atoms with E-state index in [0.29, 0.717) is 0 Å². The molecule has 0 radical (unpaired) electrons. The Morgan fingerprint density at radius 3 is 2.18 bits per heavy atom. The Morgan fingerprint density at radius 2 is 1.51 bits per heavy atom. The number of carbonyl (C=O) groups excluding carboxylic acids is 1. The lowest BCUT2D eigenvalue weighted by atomic mass is 9.89. The molecule has 0 unspecified atom stereocenters. The van der Waals surface area contributed by atoms with Crippen LogP contribution in [0.3, 0.4) is 0 Å². The van der Waals surface area contributed by atoms with Crippen LogP contribution in [-0.4, -0.2) is 77.8 Å². The molecular formula is C26H22O13. The average molecular weight is 542 g/mol. The number of carbonyl (C=O) groups is 1. The Balaban J connectivity index is 1.67. The molecule has 13 heteroatoms. The lowest BCUT2D eigenvalue weighted by Gasteiger charge is -2.42. The van der Waals surface area contributed by atoms with E-state index < -0.39 is 82.5 Å². The molecule has 3 aromatic carbocycles. The van der Waals surface area contributed by atoms with Crippen molar-refractivity contribution in [2.24, 2.45) is 0 Å². The van der Waals surface area contributed by atoms with Crippen LogP contribution >= 0.6 is 0 Å². The van der Waals surface area contributed by atoms with Crippen LogP contribution in [-0.2, 0) is 9.47 Å². The molecule has 0 amide bonds. The summed E-state index contributed by atoms with van der Waals surface area (Å²) in [5, 5.41) is 81.3. The van der Waals surface area contributed by atoms with Gasteiger partial charge < -0.3 is 54.7 Å². The van der Waals surface area contributed by atoms with Gasteiger partial charge in [0.25, 0.3) is 0 Å². The van der Waals surface area contributed by atoms with Crippen molar-refractivity contribution in [2.45, 2.75) is 30.5 Å². The SMILES string of the molecule is O=C(O[C@@H]1[C@@H](O)[C@H](O)[C@@H](CO)O[C@@H]1c1c(O)cc2oc3cc(O)c(O)cc3c(=O)c2c1O)c1ccc(O)cc1. The van der Waals surface area contributed by atoms with Crippen LogP contribution in [0.1, 0.15) is 22.0 Å². The summed E-state index contributed by atoms with van der Waals surface area (Å²) >= 11 is 0. The van der Waals surface area contributed by atoms with Crippen molar-refractivity contribution in [1.29, 1.82) is 0 Å². The summed E-state index contributed by atoms with van der Waals surface area (Å²) in [4.78, 5) is 26.1. The first-order valence-corrected chi connectivity index (χ1v) is 11.5. The molecule has 1 aliphatic heterocycles. The normalized spacial score (nSPS) is 23.2. The van der Waals surface area contributed by atoms with Gasteiger partial charge in [0, 0.05) is 12.1 Å². The highest BCUT2D eigenvalue weighted by Crippen LogP contribution is 2.46. The van der Waals surface area contributed by atoms with Crippen LogP contribution in [0.5, 0.6) is 28.7 Å². The first kappa shape index (κ1) is 26.1. The second-order valence-electron chi connectivity index (χ2n) is 8.98. The van der Waals surface area contributed by atoms with E-state index in [4.69, 9.17) is 13.9 Å². The highest BCUT2D eigenvalue weighted by Gasteiger charge is 2.49. The molecule has 1 fully saturated rings. The molecule has 0 aliphatic carbocycles. The summed E-state index contributed by atoms with van der Waals surface area (Å²) in [5.74, 6) is -3.97. The standard InChI is InChI=1S/C26H22O13/c27-8-17-21(33)23(35)25(39-26(36)9-1-3-10(28)4-2-9)24(38-17)18-14(31)7-16-19(22(18)34)20(32)11-5-12(29)13(30)6-15(11)37-16/h1-7,17,21,23-25,27-31,33-35H,8H2/t17-,21-,23+,24-,25-/m1/s1. The lowest BCUT2D eigenvalue weighted by molar-refractivity contribution is -0.232. The van der Waals surface area contributed by atoms with Gasteiger partial charge in [0.15, 0.2) is 17.6 Å².